The lowest BCUT2D eigenvalue weighted by atomic mass is 10.2. The van der Waals surface area contributed by atoms with Gasteiger partial charge in [0, 0.05) is 13.1 Å². The zero-order valence-corrected chi connectivity index (χ0v) is 24.8. The number of aryl methyl sites for hydroxylation is 1. The van der Waals surface area contributed by atoms with Crippen LogP contribution in [-0.2, 0) is 24.8 Å². The Morgan fingerprint density at radius 1 is 0.902 bits per heavy atom. The SMILES string of the molecule is COc1ccc(C)cc1N(CC(=O)NCCOc1ccc(S(=O)(=O)N2CCCCC2)cc1)S(=O)(=O)c1ccccc1. The molecule has 1 saturated heterocycles. The summed E-state index contributed by atoms with van der Waals surface area (Å²) in [5.74, 6) is 0.242. The normalized spacial score (nSPS) is 14.3. The predicted octanol–water partition coefficient (Wildman–Crippen LogP) is 3.57. The minimum absolute atomic E-state index is 0.0467. The lowest BCUT2D eigenvalue weighted by Gasteiger charge is -2.26. The fourth-order valence-corrected chi connectivity index (χ4v) is 7.48. The lowest BCUT2D eigenvalue weighted by molar-refractivity contribution is -0.119. The smallest absolute Gasteiger partial charge is 0.264 e. The largest absolute Gasteiger partial charge is 0.495 e. The second kappa shape index (κ2) is 13.4. The van der Waals surface area contributed by atoms with Crippen molar-refractivity contribution in [2.24, 2.45) is 0 Å². The van der Waals surface area contributed by atoms with Crippen molar-refractivity contribution in [3.63, 3.8) is 0 Å². The molecule has 1 heterocycles. The van der Waals surface area contributed by atoms with Gasteiger partial charge >= 0.3 is 0 Å². The topological polar surface area (TPSA) is 122 Å². The summed E-state index contributed by atoms with van der Waals surface area (Å²) in [5.41, 5.74) is 1.06. The van der Waals surface area contributed by atoms with Crippen LogP contribution in [-0.4, -0.2) is 66.9 Å². The minimum Gasteiger partial charge on any atom is -0.495 e. The van der Waals surface area contributed by atoms with E-state index in [4.69, 9.17) is 9.47 Å². The number of hydrogen-bond acceptors (Lipinski definition) is 7. The molecule has 3 aromatic rings. The average Bonchev–Trinajstić information content (AvgIpc) is 2.99. The van der Waals surface area contributed by atoms with Crippen LogP contribution in [0.15, 0.2) is 82.6 Å². The maximum atomic E-state index is 13.6. The Hall–Kier alpha value is -3.61. The molecule has 220 valence electrons. The van der Waals surface area contributed by atoms with Gasteiger partial charge in [0.15, 0.2) is 0 Å². The van der Waals surface area contributed by atoms with Crippen molar-refractivity contribution < 1.29 is 31.1 Å². The highest BCUT2D eigenvalue weighted by atomic mass is 32.2. The number of methoxy groups -OCH3 is 1. The maximum Gasteiger partial charge on any atom is 0.264 e. The maximum absolute atomic E-state index is 13.6. The molecule has 0 unspecified atom stereocenters. The van der Waals surface area contributed by atoms with Crippen LogP contribution in [0, 0.1) is 6.92 Å². The third-order valence-corrected chi connectivity index (χ3v) is 10.4. The Balaban J connectivity index is 1.39. The van der Waals surface area contributed by atoms with Crippen LogP contribution in [0.5, 0.6) is 11.5 Å². The molecule has 1 amide bonds. The van der Waals surface area contributed by atoms with Crippen LogP contribution in [0.3, 0.4) is 0 Å². The van der Waals surface area contributed by atoms with Crippen molar-refractivity contribution >= 4 is 31.6 Å². The first-order valence-corrected chi connectivity index (χ1v) is 16.2. The number of piperidine rings is 1. The molecule has 3 aromatic carbocycles. The van der Waals surface area contributed by atoms with Gasteiger partial charge in [-0.15, -0.1) is 0 Å². The highest BCUT2D eigenvalue weighted by Crippen LogP contribution is 2.33. The second-order valence-corrected chi connectivity index (χ2v) is 13.4. The van der Waals surface area contributed by atoms with Crippen LogP contribution in [0.4, 0.5) is 5.69 Å². The van der Waals surface area contributed by atoms with E-state index in [-0.39, 0.29) is 28.6 Å². The van der Waals surface area contributed by atoms with Crippen LogP contribution < -0.4 is 19.1 Å². The molecule has 12 heteroatoms. The standard InChI is InChI=1S/C29H35N3O7S2/c1-23-11-16-28(38-2)27(21-23)32(41(36,37)25-9-5-3-6-10-25)22-29(33)30-17-20-39-24-12-14-26(15-13-24)40(34,35)31-18-7-4-8-19-31/h3,5-6,9-16,21H,4,7-8,17-20,22H2,1-2H3,(H,30,33). The molecular weight excluding hydrogens is 566 g/mol. The molecule has 1 aliphatic rings. The molecule has 0 aliphatic carbocycles. The molecule has 0 radical (unpaired) electrons. The van der Waals surface area contributed by atoms with Crippen LogP contribution in [0.1, 0.15) is 24.8 Å². The highest BCUT2D eigenvalue weighted by molar-refractivity contribution is 7.93. The number of nitrogens with one attached hydrogen (secondary N) is 1. The highest BCUT2D eigenvalue weighted by Gasteiger charge is 2.29. The van der Waals surface area contributed by atoms with E-state index in [0.29, 0.717) is 24.6 Å². The number of benzene rings is 3. The molecule has 0 aromatic heterocycles. The van der Waals surface area contributed by atoms with Gasteiger partial charge in [-0.2, -0.15) is 4.31 Å². The van der Waals surface area contributed by atoms with E-state index >= 15 is 0 Å². The summed E-state index contributed by atoms with van der Waals surface area (Å²) in [6.07, 6.45) is 2.76. The van der Waals surface area contributed by atoms with Crippen molar-refractivity contribution in [2.75, 3.05) is 44.2 Å². The first-order chi connectivity index (χ1) is 19.6. The van der Waals surface area contributed by atoms with Gasteiger partial charge in [0.2, 0.25) is 15.9 Å². The molecular formula is C29H35N3O7S2. The van der Waals surface area contributed by atoms with Gasteiger partial charge in [-0.25, -0.2) is 16.8 Å². The van der Waals surface area contributed by atoms with E-state index in [0.717, 1.165) is 29.1 Å². The molecule has 41 heavy (non-hydrogen) atoms. The van der Waals surface area contributed by atoms with Crippen LogP contribution in [0.25, 0.3) is 0 Å². The van der Waals surface area contributed by atoms with Crippen molar-refractivity contribution in [1.29, 1.82) is 0 Å². The summed E-state index contributed by atoms with van der Waals surface area (Å²) in [6, 6.07) is 19.2. The number of hydrogen-bond donors (Lipinski definition) is 1. The van der Waals surface area contributed by atoms with Crippen molar-refractivity contribution in [3.05, 3.63) is 78.4 Å². The Labute approximate surface area is 242 Å². The molecule has 0 spiro atoms. The van der Waals surface area contributed by atoms with E-state index in [2.05, 4.69) is 5.32 Å². The number of carbonyl (C=O) groups is 1. The summed E-state index contributed by atoms with van der Waals surface area (Å²) in [5, 5.41) is 2.69. The molecule has 1 N–H and O–H groups in total. The monoisotopic (exact) mass is 601 g/mol. The third kappa shape index (κ3) is 7.38. The first kappa shape index (κ1) is 30.4. The van der Waals surface area contributed by atoms with Gasteiger partial charge in [0.25, 0.3) is 10.0 Å². The Kier molecular flexibility index (Phi) is 9.90. The summed E-state index contributed by atoms with van der Waals surface area (Å²) in [6.45, 7) is 2.62. The van der Waals surface area contributed by atoms with Gasteiger partial charge in [-0.3, -0.25) is 9.10 Å². The Bertz CT molecular complexity index is 1540. The van der Waals surface area contributed by atoms with E-state index in [1.807, 2.05) is 6.92 Å². The summed E-state index contributed by atoms with van der Waals surface area (Å²) >= 11 is 0. The summed E-state index contributed by atoms with van der Waals surface area (Å²) in [7, 11) is -6.18. The molecule has 0 atom stereocenters. The summed E-state index contributed by atoms with van der Waals surface area (Å²) in [4.78, 5) is 13.2. The number of rotatable bonds is 12. The average molecular weight is 602 g/mol. The zero-order chi connectivity index (χ0) is 29.5. The van der Waals surface area contributed by atoms with E-state index in [1.165, 1.54) is 35.7 Å². The van der Waals surface area contributed by atoms with E-state index < -0.39 is 32.5 Å². The minimum atomic E-state index is -4.09. The lowest BCUT2D eigenvalue weighted by Crippen LogP contribution is -2.42. The first-order valence-electron chi connectivity index (χ1n) is 13.3. The van der Waals surface area contributed by atoms with Crippen molar-refractivity contribution in [3.8, 4) is 11.5 Å². The summed E-state index contributed by atoms with van der Waals surface area (Å²) < 4.78 is 66.4. The molecule has 4 rings (SSSR count). The molecule has 1 aliphatic heterocycles. The van der Waals surface area contributed by atoms with E-state index in [1.54, 1.807) is 48.5 Å². The zero-order valence-electron chi connectivity index (χ0n) is 23.2. The van der Waals surface area contributed by atoms with Gasteiger partial charge in [0.05, 0.1) is 29.1 Å². The Morgan fingerprint density at radius 3 is 2.24 bits per heavy atom. The van der Waals surface area contributed by atoms with E-state index in [9.17, 15) is 21.6 Å². The Morgan fingerprint density at radius 2 is 1.59 bits per heavy atom. The second-order valence-electron chi connectivity index (χ2n) is 9.63. The predicted molar refractivity (Wildman–Crippen MR) is 156 cm³/mol. The number of nitrogens with zero attached hydrogens (tertiary/aromatic N) is 2. The fourth-order valence-electron chi connectivity index (χ4n) is 4.52. The van der Waals surface area contributed by atoms with Crippen molar-refractivity contribution in [1.82, 2.24) is 9.62 Å². The fraction of sp³-hybridized carbons (Fsp3) is 0.345. The molecule has 0 bridgehead atoms. The molecule has 0 saturated carbocycles. The van der Waals surface area contributed by atoms with Crippen LogP contribution >= 0.6 is 0 Å². The van der Waals surface area contributed by atoms with Crippen molar-refractivity contribution in [2.45, 2.75) is 36.0 Å². The van der Waals surface area contributed by atoms with Gasteiger partial charge in [-0.1, -0.05) is 30.7 Å². The number of amides is 1. The molecule has 10 nitrogen and oxygen atoms in total. The third-order valence-electron chi connectivity index (χ3n) is 6.69. The number of carbonyl (C=O) groups excluding carboxylic acids is 1. The van der Waals surface area contributed by atoms with Gasteiger partial charge in [0.1, 0.15) is 24.7 Å². The van der Waals surface area contributed by atoms with Gasteiger partial charge < -0.3 is 14.8 Å². The number of ether oxygens (including phenoxy) is 2. The quantitative estimate of drug-likeness (QED) is 0.315. The number of sulfonamides is 2. The van der Waals surface area contributed by atoms with Crippen LogP contribution in [0.2, 0.25) is 0 Å². The number of anilines is 1. The van der Waals surface area contributed by atoms with Gasteiger partial charge in [-0.05, 0) is 73.9 Å². The molecule has 1 fully saturated rings.